The lowest BCUT2D eigenvalue weighted by Gasteiger charge is -2.11. The molecule has 114 valence electrons. The molecule has 0 aliphatic carbocycles. The summed E-state index contributed by atoms with van der Waals surface area (Å²) in [5, 5.41) is 4.17. The van der Waals surface area contributed by atoms with E-state index in [4.69, 9.17) is 15.4 Å². The van der Waals surface area contributed by atoms with Crippen LogP contribution in [-0.4, -0.2) is 18.2 Å². The van der Waals surface area contributed by atoms with Gasteiger partial charge in [0.1, 0.15) is 12.4 Å². The minimum absolute atomic E-state index is 0.118. The molecule has 7 heteroatoms. The summed E-state index contributed by atoms with van der Waals surface area (Å²) in [5.74, 6) is 0.640. The molecular formula is C14H17ClN2O3S. The number of rotatable bonds is 5. The van der Waals surface area contributed by atoms with Crippen molar-refractivity contribution < 1.29 is 13.2 Å². The first-order chi connectivity index (χ1) is 9.81. The molecule has 1 heterocycles. The zero-order valence-corrected chi connectivity index (χ0v) is 13.7. The number of benzene rings is 1. The van der Waals surface area contributed by atoms with Crippen LogP contribution in [0.15, 0.2) is 29.4 Å². The fraction of sp³-hybridized carbons (Fsp3) is 0.357. The van der Waals surface area contributed by atoms with Gasteiger partial charge >= 0.3 is 0 Å². The molecule has 0 bridgehead atoms. The zero-order valence-electron chi connectivity index (χ0n) is 12.1. The van der Waals surface area contributed by atoms with Gasteiger partial charge in [-0.2, -0.15) is 5.10 Å². The summed E-state index contributed by atoms with van der Waals surface area (Å²) < 4.78 is 30.4. The summed E-state index contributed by atoms with van der Waals surface area (Å²) in [5.41, 5.74) is 2.25. The van der Waals surface area contributed by atoms with E-state index in [0.29, 0.717) is 17.9 Å². The van der Waals surface area contributed by atoms with Gasteiger partial charge in [-0.05, 0) is 44.0 Å². The van der Waals surface area contributed by atoms with Gasteiger partial charge in [0.05, 0.1) is 11.1 Å². The van der Waals surface area contributed by atoms with E-state index in [2.05, 4.69) is 5.10 Å². The highest BCUT2D eigenvalue weighted by Crippen LogP contribution is 2.28. The molecule has 0 N–H and O–H groups in total. The van der Waals surface area contributed by atoms with Gasteiger partial charge < -0.3 is 4.74 Å². The number of hydrogen-bond donors (Lipinski definition) is 0. The number of aromatic nitrogens is 2. The molecule has 2 aromatic rings. The van der Waals surface area contributed by atoms with E-state index in [9.17, 15) is 8.42 Å². The maximum absolute atomic E-state index is 11.4. The molecule has 0 amide bonds. The van der Waals surface area contributed by atoms with Crippen molar-refractivity contribution in [2.75, 3.05) is 0 Å². The Morgan fingerprint density at radius 3 is 2.57 bits per heavy atom. The molecule has 0 saturated carbocycles. The molecule has 0 atom stereocenters. The predicted molar refractivity (Wildman–Crippen MR) is 81.2 cm³/mol. The SMILES string of the molecule is CCn1cc(COc2cc(C)c(S(=O)(=O)Cl)cc2C)cn1. The van der Waals surface area contributed by atoms with Crippen molar-refractivity contribution in [2.45, 2.75) is 38.8 Å². The Morgan fingerprint density at radius 1 is 1.29 bits per heavy atom. The molecule has 0 fully saturated rings. The van der Waals surface area contributed by atoms with Gasteiger partial charge in [0.25, 0.3) is 9.05 Å². The van der Waals surface area contributed by atoms with Crippen LogP contribution in [0.4, 0.5) is 0 Å². The lowest BCUT2D eigenvalue weighted by Crippen LogP contribution is -2.00. The number of halogens is 1. The van der Waals surface area contributed by atoms with Crippen LogP contribution in [0.1, 0.15) is 23.6 Å². The normalized spacial score (nSPS) is 11.6. The highest BCUT2D eigenvalue weighted by molar-refractivity contribution is 8.13. The molecule has 5 nitrogen and oxygen atoms in total. The molecule has 0 radical (unpaired) electrons. The van der Waals surface area contributed by atoms with Gasteiger partial charge in [0.15, 0.2) is 0 Å². The average Bonchev–Trinajstić information content (AvgIpc) is 2.86. The third kappa shape index (κ3) is 3.77. The van der Waals surface area contributed by atoms with Crippen LogP contribution in [0.25, 0.3) is 0 Å². The lowest BCUT2D eigenvalue weighted by atomic mass is 10.1. The van der Waals surface area contributed by atoms with Gasteiger partial charge in [-0.1, -0.05) is 0 Å². The second-order valence-electron chi connectivity index (χ2n) is 4.81. The lowest BCUT2D eigenvalue weighted by molar-refractivity contribution is 0.303. The fourth-order valence-corrected chi connectivity index (χ4v) is 3.26. The molecular weight excluding hydrogens is 312 g/mol. The van der Waals surface area contributed by atoms with Crippen LogP contribution in [0.2, 0.25) is 0 Å². The number of nitrogens with zero attached hydrogens (tertiary/aromatic N) is 2. The van der Waals surface area contributed by atoms with E-state index in [1.807, 2.05) is 17.8 Å². The first-order valence-corrected chi connectivity index (χ1v) is 8.82. The van der Waals surface area contributed by atoms with Gasteiger partial charge in [-0.25, -0.2) is 8.42 Å². The Kier molecular flexibility index (Phi) is 4.58. The fourth-order valence-electron chi connectivity index (χ4n) is 2.00. The van der Waals surface area contributed by atoms with Gasteiger partial charge in [-0.15, -0.1) is 0 Å². The monoisotopic (exact) mass is 328 g/mol. The highest BCUT2D eigenvalue weighted by atomic mass is 35.7. The molecule has 1 aromatic heterocycles. The van der Waals surface area contributed by atoms with Gasteiger partial charge in [0.2, 0.25) is 0 Å². The second-order valence-corrected chi connectivity index (χ2v) is 7.35. The third-order valence-electron chi connectivity index (χ3n) is 3.14. The number of ether oxygens (including phenoxy) is 1. The van der Waals surface area contributed by atoms with Crippen LogP contribution in [0.5, 0.6) is 5.75 Å². The van der Waals surface area contributed by atoms with Crippen molar-refractivity contribution in [3.8, 4) is 5.75 Å². The van der Waals surface area contributed by atoms with Gasteiger partial charge in [0, 0.05) is 29.0 Å². The Balaban J connectivity index is 2.19. The predicted octanol–water partition coefficient (Wildman–Crippen LogP) is 3.03. The summed E-state index contributed by atoms with van der Waals surface area (Å²) in [6, 6.07) is 3.22. The molecule has 2 rings (SSSR count). The van der Waals surface area contributed by atoms with E-state index in [0.717, 1.165) is 17.7 Å². The third-order valence-corrected chi connectivity index (χ3v) is 4.60. The Hall–Kier alpha value is -1.53. The van der Waals surface area contributed by atoms with Crippen LogP contribution in [0.3, 0.4) is 0 Å². The van der Waals surface area contributed by atoms with E-state index in [1.54, 1.807) is 26.1 Å². The molecule has 0 unspecified atom stereocenters. The second kappa shape index (κ2) is 6.07. The average molecular weight is 329 g/mol. The Labute approximate surface area is 128 Å². The molecule has 1 aromatic carbocycles. The molecule has 0 aliphatic heterocycles. The van der Waals surface area contributed by atoms with E-state index >= 15 is 0 Å². The summed E-state index contributed by atoms with van der Waals surface area (Å²) in [7, 11) is 1.66. The largest absolute Gasteiger partial charge is 0.489 e. The Morgan fingerprint density at radius 2 is 2.00 bits per heavy atom. The minimum atomic E-state index is -3.74. The highest BCUT2D eigenvalue weighted by Gasteiger charge is 2.16. The summed E-state index contributed by atoms with van der Waals surface area (Å²) in [6.45, 7) is 6.68. The van der Waals surface area contributed by atoms with E-state index in [1.165, 1.54) is 6.07 Å². The first-order valence-electron chi connectivity index (χ1n) is 6.51. The minimum Gasteiger partial charge on any atom is -0.489 e. The summed E-state index contributed by atoms with van der Waals surface area (Å²) in [6.07, 6.45) is 3.67. The first kappa shape index (κ1) is 15.9. The van der Waals surface area contributed by atoms with Crippen LogP contribution >= 0.6 is 10.7 Å². The van der Waals surface area contributed by atoms with Crippen molar-refractivity contribution in [3.05, 3.63) is 41.2 Å². The maximum Gasteiger partial charge on any atom is 0.261 e. The molecule has 0 spiro atoms. The summed E-state index contributed by atoms with van der Waals surface area (Å²) >= 11 is 0. The van der Waals surface area contributed by atoms with Crippen LogP contribution < -0.4 is 4.74 Å². The van der Waals surface area contributed by atoms with Gasteiger partial charge in [-0.3, -0.25) is 4.68 Å². The molecule has 0 aliphatic rings. The van der Waals surface area contributed by atoms with E-state index < -0.39 is 9.05 Å². The number of aryl methyl sites for hydroxylation is 3. The zero-order chi connectivity index (χ0) is 15.6. The van der Waals surface area contributed by atoms with E-state index in [-0.39, 0.29) is 4.90 Å². The standard InChI is InChI=1S/C14H17ClN2O3S/c1-4-17-8-12(7-16-17)9-20-13-5-11(3)14(6-10(13)2)21(15,18)19/h5-8H,4,9H2,1-3H3. The molecule has 21 heavy (non-hydrogen) atoms. The smallest absolute Gasteiger partial charge is 0.261 e. The van der Waals surface area contributed by atoms with Crippen LogP contribution in [0, 0.1) is 13.8 Å². The van der Waals surface area contributed by atoms with Crippen molar-refractivity contribution >= 4 is 19.7 Å². The Bertz CT molecular complexity index is 754. The quantitative estimate of drug-likeness (QED) is 0.791. The van der Waals surface area contributed by atoms with Crippen molar-refractivity contribution in [1.82, 2.24) is 9.78 Å². The number of hydrogen-bond acceptors (Lipinski definition) is 4. The van der Waals surface area contributed by atoms with Crippen LogP contribution in [-0.2, 0) is 22.2 Å². The molecule has 0 saturated heterocycles. The van der Waals surface area contributed by atoms with Crippen molar-refractivity contribution in [3.63, 3.8) is 0 Å². The maximum atomic E-state index is 11.4. The topological polar surface area (TPSA) is 61.2 Å². The van der Waals surface area contributed by atoms with Crippen molar-refractivity contribution in [2.24, 2.45) is 0 Å². The van der Waals surface area contributed by atoms with Crippen molar-refractivity contribution in [1.29, 1.82) is 0 Å². The summed E-state index contributed by atoms with van der Waals surface area (Å²) in [4.78, 5) is 0.118.